The van der Waals surface area contributed by atoms with E-state index in [1.807, 2.05) is 26.3 Å². The molecule has 2 aliphatic rings. The molecule has 71 heavy (non-hydrogen) atoms. The molecule has 0 spiro atoms. The Bertz CT molecular complexity index is 2680. The van der Waals surface area contributed by atoms with Crippen LogP contribution in [0.2, 0.25) is 0 Å². The standard InChI is InChI=1S/C39H50N7O24P/c1-16(70-71(67,68)69-15-26(49)31(55)25(48)14-46-24-13-18(47)3-2-17(24)12-19-32(46)44-39(66)45-34(19)57)33(56)43-23(38(64)65)6-10-29(52)41-21(36(60)61)4-8-27(50)40-20(35(58)59)5-9-28(51)42-22(37(62)63)7-11-30(53)54/h2-3,12-13,16,20-23,25-26,31,48-49,55H,4-11,14-15H2,1H3,(H,40,50)(H,41,52)(H,42,51)(H,43,56)(H,53,54)(H,58,59)(H,60,61)(H,62,63)(H,64,65)(H,67,68)(H2,44,45,57,66)/t16-,20-,21-,22-,23-,25-,26+,31-/m0/s1. The highest BCUT2D eigenvalue weighted by atomic mass is 31.2. The zero-order valence-electron chi connectivity index (χ0n) is 37.0. The fraction of sp³-hybridized carbons (Fsp3) is 0.487. The lowest BCUT2D eigenvalue weighted by Crippen LogP contribution is -2.47. The first-order chi connectivity index (χ1) is 33.1. The second-order valence-electron chi connectivity index (χ2n) is 15.6. The highest BCUT2D eigenvalue weighted by Crippen LogP contribution is 2.44. The quantitative estimate of drug-likeness (QED) is 0.0221. The Balaban J connectivity index is 1.50. The SMILES string of the molecule is C[C@H](OP(=O)(O)OC[C@@H](O)[C@@H](O)[C@@H](O)Cn1c2cc(=O)ccc-2cc2c(=O)[nH]c(=O)[nH]c21)C(=O)N[C@@H](CCC(=O)N[C@@H](CCC(=O)N[C@@H](CCC(=O)N[C@@H](CCC(=O)O)C(=O)O)C(=O)O)C(=O)O)C(=O)O. The van der Waals surface area contributed by atoms with Crippen molar-refractivity contribution in [3.05, 3.63) is 55.3 Å². The Labute approximate surface area is 396 Å². The molecule has 390 valence electrons. The maximum Gasteiger partial charge on any atom is 0.473 e. The molecule has 1 aliphatic carbocycles. The summed E-state index contributed by atoms with van der Waals surface area (Å²) in [5.74, 6) is -12.4. The van der Waals surface area contributed by atoms with Gasteiger partial charge in [-0.2, -0.15) is 0 Å². The Morgan fingerprint density at radius 2 is 1.13 bits per heavy atom. The number of aliphatic hydroxyl groups is 3. The van der Waals surface area contributed by atoms with Crippen molar-refractivity contribution in [3.63, 3.8) is 0 Å². The van der Waals surface area contributed by atoms with E-state index in [1.54, 1.807) is 0 Å². The summed E-state index contributed by atoms with van der Waals surface area (Å²) in [5, 5.41) is 86.5. The number of hydrogen-bond acceptors (Lipinski definition) is 18. The number of phosphoric ester groups is 1. The van der Waals surface area contributed by atoms with Crippen molar-refractivity contribution in [2.75, 3.05) is 6.61 Å². The van der Waals surface area contributed by atoms with E-state index in [1.165, 1.54) is 18.2 Å². The number of carbonyl (C=O) groups excluding carboxylic acids is 4. The molecule has 1 aromatic heterocycles. The monoisotopic (exact) mass is 1030 g/mol. The molecular weight excluding hydrogens is 981 g/mol. The van der Waals surface area contributed by atoms with Crippen molar-refractivity contribution in [1.82, 2.24) is 35.8 Å². The summed E-state index contributed by atoms with van der Waals surface area (Å²) in [4.78, 5) is 159. The lowest BCUT2D eigenvalue weighted by atomic mass is 10.0. The number of amides is 4. The van der Waals surface area contributed by atoms with Gasteiger partial charge in [0.1, 0.15) is 54.2 Å². The van der Waals surface area contributed by atoms with Crippen molar-refractivity contribution < 1.29 is 103 Å². The summed E-state index contributed by atoms with van der Waals surface area (Å²) in [6.45, 7) is -1.06. The molecule has 9 atom stereocenters. The van der Waals surface area contributed by atoms with E-state index in [-0.39, 0.29) is 16.7 Å². The summed E-state index contributed by atoms with van der Waals surface area (Å²) >= 11 is 0. The number of phosphoric acid groups is 1. The molecule has 1 aliphatic heterocycles. The number of aromatic amines is 2. The molecule has 3 rings (SSSR count). The molecule has 1 unspecified atom stereocenters. The lowest BCUT2D eigenvalue weighted by Gasteiger charge is -2.26. The van der Waals surface area contributed by atoms with E-state index in [9.17, 15) is 103 Å². The number of nitrogens with one attached hydrogen (secondary N) is 6. The fourth-order valence-electron chi connectivity index (χ4n) is 6.49. The summed E-state index contributed by atoms with van der Waals surface area (Å²) < 4.78 is 23.2. The number of pyridine rings is 1. The van der Waals surface area contributed by atoms with Gasteiger partial charge in [-0.25, -0.2) is 28.5 Å². The van der Waals surface area contributed by atoms with E-state index in [0.29, 0.717) is 5.56 Å². The number of benzene rings is 1. The molecule has 0 aromatic carbocycles. The highest BCUT2D eigenvalue weighted by Gasteiger charge is 2.35. The van der Waals surface area contributed by atoms with Gasteiger partial charge in [-0.3, -0.25) is 52.6 Å². The van der Waals surface area contributed by atoms with Gasteiger partial charge in [-0.15, -0.1) is 0 Å². The molecule has 0 fully saturated rings. The van der Waals surface area contributed by atoms with Crippen LogP contribution in [0.3, 0.4) is 0 Å². The van der Waals surface area contributed by atoms with Crippen LogP contribution in [0.25, 0.3) is 22.3 Å². The van der Waals surface area contributed by atoms with Crippen molar-refractivity contribution in [3.8, 4) is 11.3 Å². The zero-order valence-corrected chi connectivity index (χ0v) is 37.9. The number of aliphatic hydroxyl groups excluding tert-OH is 3. The summed E-state index contributed by atoms with van der Waals surface area (Å²) in [6, 6.07) is -2.06. The van der Waals surface area contributed by atoms with E-state index in [4.69, 9.17) is 9.63 Å². The summed E-state index contributed by atoms with van der Waals surface area (Å²) in [5.41, 5.74) is -2.10. The van der Waals surface area contributed by atoms with Crippen LogP contribution in [0.15, 0.2) is 38.6 Å². The van der Waals surface area contributed by atoms with Crippen molar-refractivity contribution in [1.29, 1.82) is 0 Å². The van der Waals surface area contributed by atoms with E-state index < -0.39 is 191 Å². The first-order valence-corrected chi connectivity index (χ1v) is 22.4. The minimum Gasteiger partial charge on any atom is -0.481 e. The van der Waals surface area contributed by atoms with Gasteiger partial charge >= 0.3 is 43.4 Å². The Kier molecular flexibility index (Phi) is 21.2. The van der Waals surface area contributed by atoms with Crippen LogP contribution in [0, 0.1) is 0 Å². The van der Waals surface area contributed by atoms with Gasteiger partial charge in [-0.1, -0.05) is 0 Å². The number of carbonyl (C=O) groups is 9. The molecule has 15 N–H and O–H groups in total. The molecule has 0 bridgehead atoms. The number of aliphatic carboxylic acids is 5. The molecule has 31 nitrogen and oxygen atoms in total. The Hall–Kier alpha value is -7.41. The maximum atomic E-state index is 12.8. The number of rotatable bonds is 30. The molecule has 0 saturated carbocycles. The third-order valence-corrected chi connectivity index (χ3v) is 11.2. The molecule has 2 heterocycles. The molecule has 4 amide bonds. The second-order valence-corrected chi connectivity index (χ2v) is 17.0. The van der Waals surface area contributed by atoms with Crippen LogP contribution >= 0.6 is 7.82 Å². The number of carboxylic acid groups (broad SMARTS) is 5. The maximum absolute atomic E-state index is 12.8. The van der Waals surface area contributed by atoms with Crippen molar-refractivity contribution in [2.24, 2.45) is 0 Å². The summed E-state index contributed by atoms with van der Waals surface area (Å²) in [6.07, 6.45) is -13.4. The van der Waals surface area contributed by atoms with Gasteiger partial charge in [0.2, 0.25) is 23.6 Å². The minimum absolute atomic E-state index is 0.0891. The summed E-state index contributed by atoms with van der Waals surface area (Å²) in [7, 11) is -5.35. The van der Waals surface area contributed by atoms with Crippen LogP contribution in [0.4, 0.5) is 0 Å². The highest BCUT2D eigenvalue weighted by molar-refractivity contribution is 7.47. The molecule has 1 aromatic rings. The predicted molar refractivity (Wildman–Crippen MR) is 233 cm³/mol. The average molecular weight is 1030 g/mol. The van der Waals surface area contributed by atoms with Crippen molar-refractivity contribution >= 4 is 72.3 Å². The van der Waals surface area contributed by atoms with Gasteiger partial charge < -0.3 is 71.6 Å². The number of fused-ring (bicyclic) bond motifs is 2. The average Bonchev–Trinajstić information content (AvgIpc) is 3.27. The zero-order chi connectivity index (χ0) is 53.5. The van der Waals surface area contributed by atoms with Crippen LogP contribution < -0.4 is 37.9 Å². The van der Waals surface area contributed by atoms with E-state index in [2.05, 4.69) is 9.51 Å². The molecule has 32 heteroatoms. The Morgan fingerprint density at radius 3 is 1.59 bits per heavy atom. The van der Waals surface area contributed by atoms with Gasteiger partial charge in [0, 0.05) is 31.7 Å². The largest absolute Gasteiger partial charge is 0.481 e. The fourth-order valence-corrected chi connectivity index (χ4v) is 7.38. The number of H-pyrrole nitrogens is 2. The number of hydrogen-bond donors (Lipinski definition) is 15. The minimum atomic E-state index is -5.35. The first kappa shape index (κ1) is 57.9. The first-order valence-electron chi connectivity index (χ1n) is 20.9. The normalized spacial score (nSPS) is 15.6. The molecular formula is C39H50N7O24P. The topological polar surface area (TPSA) is 507 Å². The molecule has 0 radical (unpaired) electrons. The third-order valence-electron chi connectivity index (χ3n) is 10.2. The molecule has 0 saturated heterocycles. The number of nitrogens with zero attached hydrogens (tertiary/aromatic N) is 1. The second kappa shape index (κ2) is 26.0. The van der Waals surface area contributed by atoms with Crippen LogP contribution in [-0.2, 0) is 63.3 Å². The smallest absolute Gasteiger partial charge is 0.473 e. The van der Waals surface area contributed by atoms with Gasteiger partial charge in [0.15, 0.2) is 5.43 Å². The number of carboxylic acids is 5. The third kappa shape index (κ3) is 18.1. The van der Waals surface area contributed by atoms with Crippen LogP contribution in [0.1, 0.15) is 58.3 Å². The van der Waals surface area contributed by atoms with Crippen LogP contribution in [0.5, 0.6) is 0 Å². The van der Waals surface area contributed by atoms with Crippen LogP contribution in [-0.4, -0.2) is 169 Å². The number of aromatic nitrogens is 3. The van der Waals surface area contributed by atoms with E-state index >= 15 is 0 Å². The van der Waals surface area contributed by atoms with Gasteiger partial charge in [0.25, 0.3) is 5.56 Å². The lowest BCUT2D eigenvalue weighted by molar-refractivity contribution is -0.144. The van der Waals surface area contributed by atoms with Gasteiger partial charge in [-0.05, 0) is 56.4 Å². The van der Waals surface area contributed by atoms with Crippen molar-refractivity contribution in [2.45, 2.75) is 113 Å². The van der Waals surface area contributed by atoms with E-state index in [0.717, 1.165) is 17.6 Å². The van der Waals surface area contributed by atoms with Gasteiger partial charge in [0.05, 0.1) is 24.2 Å². The Morgan fingerprint density at radius 1 is 0.662 bits per heavy atom. The predicted octanol–water partition coefficient (Wildman–Crippen LogP) is -4.43.